The summed E-state index contributed by atoms with van der Waals surface area (Å²) in [4.78, 5) is 13.1. The number of carbonyl (C=O) groups excluding carboxylic acids is 1. The molecule has 0 saturated heterocycles. The fourth-order valence-electron chi connectivity index (χ4n) is 1.65. The third kappa shape index (κ3) is 3.16. The van der Waals surface area contributed by atoms with Crippen LogP contribution in [0.5, 0.6) is 0 Å². The molecule has 2 aromatic rings. The van der Waals surface area contributed by atoms with Gasteiger partial charge in [-0.15, -0.1) is 11.8 Å². The maximum atomic E-state index is 13.7. The van der Waals surface area contributed by atoms with Crippen molar-refractivity contribution in [1.29, 1.82) is 0 Å². The van der Waals surface area contributed by atoms with Crippen molar-refractivity contribution in [3.05, 3.63) is 58.3 Å². The number of para-hydroxylation sites is 1. The van der Waals surface area contributed by atoms with Gasteiger partial charge in [-0.25, -0.2) is 4.39 Å². The van der Waals surface area contributed by atoms with Gasteiger partial charge >= 0.3 is 0 Å². The standard InChI is InChI=1S/C14H11BrFNOS/c1-19-12-8-3-2-7-11(12)17-14(18)13-9(15)5-4-6-10(13)16/h2-8H,1H3,(H,17,18). The molecule has 0 saturated carbocycles. The molecule has 98 valence electrons. The predicted molar refractivity (Wildman–Crippen MR) is 80.3 cm³/mol. The highest BCUT2D eigenvalue weighted by Crippen LogP contribution is 2.26. The lowest BCUT2D eigenvalue weighted by molar-refractivity contribution is 0.102. The molecule has 2 rings (SSSR count). The van der Waals surface area contributed by atoms with Crippen LogP contribution >= 0.6 is 27.7 Å². The van der Waals surface area contributed by atoms with E-state index in [1.165, 1.54) is 17.8 Å². The summed E-state index contributed by atoms with van der Waals surface area (Å²) in [6.07, 6.45) is 1.92. The van der Waals surface area contributed by atoms with Crippen LogP contribution in [0.1, 0.15) is 10.4 Å². The average Bonchev–Trinajstić information content (AvgIpc) is 2.39. The van der Waals surface area contributed by atoms with Gasteiger partial charge in [-0.3, -0.25) is 4.79 Å². The van der Waals surface area contributed by atoms with Crippen molar-refractivity contribution in [2.75, 3.05) is 11.6 Å². The molecule has 0 aliphatic heterocycles. The number of thioether (sulfide) groups is 1. The molecule has 0 bridgehead atoms. The average molecular weight is 340 g/mol. The summed E-state index contributed by atoms with van der Waals surface area (Å²) in [5, 5.41) is 2.73. The van der Waals surface area contributed by atoms with Crippen LogP contribution in [-0.2, 0) is 0 Å². The van der Waals surface area contributed by atoms with Gasteiger partial charge in [0.1, 0.15) is 5.82 Å². The van der Waals surface area contributed by atoms with Crippen LogP contribution in [0.2, 0.25) is 0 Å². The smallest absolute Gasteiger partial charge is 0.259 e. The Balaban J connectivity index is 2.31. The Kier molecular flexibility index (Phi) is 4.61. The highest BCUT2D eigenvalue weighted by Gasteiger charge is 2.16. The van der Waals surface area contributed by atoms with E-state index in [0.29, 0.717) is 10.2 Å². The van der Waals surface area contributed by atoms with Gasteiger partial charge in [-0.2, -0.15) is 0 Å². The van der Waals surface area contributed by atoms with Gasteiger partial charge in [0, 0.05) is 9.37 Å². The summed E-state index contributed by atoms with van der Waals surface area (Å²) in [6.45, 7) is 0. The normalized spacial score (nSPS) is 10.3. The molecule has 0 fully saturated rings. The zero-order valence-corrected chi connectivity index (χ0v) is 12.5. The van der Waals surface area contributed by atoms with E-state index < -0.39 is 11.7 Å². The zero-order valence-electron chi connectivity index (χ0n) is 10.1. The van der Waals surface area contributed by atoms with Gasteiger partial charge in [-0.1, -0.05) is 18.2 Å². The summed E-state index contributed by atoms with van der Waals surface area (Å²) in [5.41, 5.74) is 0.688. The molecule has 0 aromatic heterocycles. The lowest BCUT2D eigenvalue weighted by atomic mass is 10.2. The Labute approximate surface area is 123 Å². The summed E-state index contributed by atoms with van der Waals surface area (Å²) >= 11 is 4.71. The third-order valence-electron chi connectivity index (χ3n) is 2.54. The predicted octanol–water partition coefficient (Wildman–Crippen LogP) is 4.56. The van der Waals surface area contributed by atoms with E-state index in [4.69, 9.17) is 0 Å². The summed E-state index contributed by atoms with van der Waals surface area (Å²) in [6, 6.07) is 11.9. The molecule has 2 aromatic carbocycles. The second-order valence-corrected chi connectivity index (χ2v) is 5.45. The Morgan fingerprint density at radius 2 is 1.95 bits per heavy atom. The van der Waals surface area contributed by atoms with Gasteiger partial charge in [0.15, 0.2) is 0 Å². The van der Waals surface area contributed by atoms with Gasteiger partial charge in [-0.05, 0) is 46.5 Å². The first-order valence-corrected chi connectivity index (χ1v) is 7.53. The first-order valence-electron chi connectivity index (χ1n) is 5.52. The Bertz CT molecular complexity index is 598. The van der Waals surface area contributed by atoms with Gasteiger partial charge in [0.05, 0.1) is 11.3 Å². The van der Waals surface area contributed by atoms with Gasteiger partial charge < -0.3 is 5.32 Å². The minimum absolute atomic E-state index is 0.0124. The van der Waals surface area contributed by atoms with Crippen molar-refractivity contribution in [2.24, 2.45) is 0 Å². The van der Waals surface area contributed by atoms with Gasteiger partial charge in [0.2, 0.25) is 0 Å². The van der Waals surface area contributed by atoms with Crippen molar-refractivity contribution in [2.45, 2.75) is 4.90 Å². The monoisotopic (exact) mass is 339 g/mol. The molecule has 0 unspecified atom stereocenters. The highest BCUT2D eigenvalue weighted by molar-refractivity contribution is 9.10. The second-order valence-electron chi connectivity index (χ2n) is 3.75. The summed E-state index contributed by atoms with van der Waals surface area (Å²) in [5.74, 6) is -1.01. The number of amides is 1. The molecule has 1 amide bonds. The summed E-state index contributed by atoms with van der Waals surface area (Å²) in [7, 11) is 0. The Hall–Kier alpha value is -1.33. The molecule has 2 nitrogen and oxygen atoms in total. The van der Waals surface area contributed by atoms with Crippen molar-refractivity contribution < 1.29 is 9.18 Å². The van der Waals surface area contributed by atoms with E-state index in [2.05, 4.69) is 21.2 Å². The number of carbonyl (C=O) groups is 1. The van der Waals surface area contributed by atoms with Crippen molar-refractivity contribution in [1.82, 2.24) is 0 Å². The van der Waals surface area contributed by atoms with Gasteiger partial charge in [0.25, 0.3) is 5.91 Å². The van der Waals surface area contributed by atoms with Crippen molar-refractivity contribution >= 4 is 39.3 Å². The van der Waals surface area contributed by atoms with E-state index >= 15 is 0 Å². The van der Waals surface area contributed by atoms with E-state index in [1.54, 1.807) is 18.2 Å². The molecule has 0 radical (unpaired) electrons. The number of rotatable bonds is 3. The van der Waals surface area contributed by atoms with E-state index in [9.17, 15) is 9.18 Å². The van der Waals surface area contributed by atoms with E-state index in [0.717, 1.165) is 4.90 Å². The molecule has 0 aliphatic rings. The highest BCUT2D eigenvalue weighted by atomic mass is 79.9. The minimum atomic E-state index is -0.548. The van der Waals surface area contributed by atoms with Crippen LogP contribution in [0.15, 0.2) is 51.8 Å². The molecule has 0 spiro atoms. The van der Waals surface area contributed by atoms with Crippen LogP contribution in [0.4, 0.5) is 10.1 Å². The second kappa shape index (κ2) is 6.21. The Morgan fingerprint density at radius 3 is 2.63 bits per heavy atom. The van der Waals surface area contributed by atoms with E-state index in [1.807, 2.05) is 24.5 Å². The minimum Gasteiger partial charge on any atom is -0.321 e. The quantitative estimate of drug-likeness (QED) is 0.830. The number of nitrogens with one attached hydrogen (secondary N) is 1. The van der Waals surface area contributed by atoms with Crippen molar-refractivity contribution in [3.63, 3.8) is 0 Å². The SMILES string of the molecule is CSc1ccccc1NC(=O)c1c(F)cccc1Br. The molecule has 0 atom stereocenters. The third-order valence-corrected chi connectivity index (χ3v) is 4.00. The maximum absolute atomic E-state index is 13.7. The molecule has 5 heteroatoms. The molecular formula is C14H11BrFNOS. The number of benzene rings is 2. The largest absolute Gasteiger partial charge is 0.321 e. The van der Waals surface area contributed by atoms with Crippen molar-refractivity contribution in [3.8, 4) is 0 Å². The molecule has 19 heavy (non-hydrogen) atoms. The first kappa shape index (κ1) is 14.1. The number of hydrogen-bond acceptors (Lipinski definition) is 2. The molecular weight excluding hydrogens is 329 g/mol. The number of hydrogen-bond donors (Lipinski definition) is 1. The van der Waals surface area contributed by atoms with Crippen LogP contribution < -0.4 is 5.32 Å². The molecule has 0 aliphatic carbocycles. The zero-order chi connectivity index (χ0) is 13.8. The summed E-state index contributed by atoms with van der Waals surface area (Å²) < 4.78 is 14.1. The van der Waals surface area contributed by atoms with E-state index in [-0.39, 0.29) is 5.56 Å². The fraction of sp³-hybridized carbons (Fsp3) is 0.0714. The number of anilines is 1. The number of halogens is 2. The maximum Gasteiger partial charge on any atom is 0.259 e. The van der Waals surface area contributed by atoms with Crippen LogP contribution in [0.25, 0.3) is 0 Å². The van der Waals surface area contributed by atoms with Crippen LogP contribution in [0, 0.1) is 5.82 Å². The topological polar surface area (TPSA) is 29.1 Å². The molecule has 1 N–H and O–H groups in total. The molecule has 0 heterocycles. The Morgan fingerprint density at radius 1 is 1.21 bits per heavy atom. The van der Waals surface area contributed by atoms with Crippen LogP contribution in [-0.4, -0.2) is 12.2 Å². The lowest BCUT2D eigenvalue weighted by Gasteiger charge is -2.10. The fourth-order valence-corrected chi connectivity index (χ4v) is 2.72. The van der Waals surface area contributed by atoms with Crippen LogP contribution in [0.3, 0.4) is 0 Å². The first-order chi connectivity index (χ1) is 9.13. The lowest BCUT2D eigenvalue weighted by Crippen LogP contribution is -2.15.